The number of nitro groups is 1. The Morgan fingerprint density at radius 1 is 1.36 bits per heavy atom. The zero-order chi connectivity index (χ0) is 8.27. The number of rotatable bonds is 2. The van der Waals surface area contributed by atoms with E-state index in [9.17, 15) is 10.1 Å². The fraction of sp³-hybridized carbons (Fsp3) is 1.00. The predicted molar refractivity (Wildman–Crippen MR) is 46.6 cm³/mol. The zero-order valence-corrected chi connectivity index (χ0v) is 7.47. The molecule has 0 aromatic carbocycles. The van der Waals surface area contributed by atoms with Gasteiger partial charge in [0.2, 0.25) is 6.04 Å². The third-order valence-corrected chi connectivity index (χ3v) is 3.41. The molecule has 0 amide bonds. The average molecular weight is 175 g/mol. The maximum atomic E-state index is 10.3. The second-order valence-corrected chi connectivity index (χ2v) is 4.09. The molecule has 3 nitrogen and oxygen atoms in total. The highest BCUT2D eigenvalue weighted by atomic mass is 32.2. The van der Waals surface area contributed by atoms with Crippen molar-refractivity contribution in [1.82, 2.24) is 0 Å². The van der Waals surface area contributed by atoms with E-state index in [0.29, 0.717) is 5.25 Å². The molecule has 1 saturated carbocycles. The first-order chi connectivity index (χ1) is 5.24. The first-order valence-corrected chi connectivity index (χ1v) is 5.19. The summed E-state index contributed by atoms with van der Waals surface area (Å²) in [6.07, 6.45) is 5.67. The SMILES string of the molecule is CSC1CCC([N+](=O)[O-])CC1. The molecule has 64 valence electrons. The number of thioether (sulfide) groups is 1. The molecule has 0 unspecified atom stereocenters. The van der Waals surface area contributed by atoms with Crippen LogP contribution in [0.4, 0.5) is 0 Å². The van der Waals surface area contributed by atoms with Crippen LogP contribution in [0.1, 0.15) is 25.7 Å². The van der Waals surface area contributed by atoms with Crippen molar-refractivity contribution in [3.05, 3.63) is 10.1 Å². The van der Waals surface area contributed by atoms with Crippen molar-refractivity contribution in [2.45, 2.75) is 37.0 Å². The monoisotopic (exact) mass is 175 g/mol. The molecule has 0 saturated heterocycles. The molecule has 1 aliphatic rings. The first kappa shape index (κ1) is 8.84. The van der Waals surface area contributed by atoms with E-state index in [2.05, 4.69) is 6.26 Å². The van der Waals surface area contributed by atoms with E-state index in [-0.39, 0.29) is 11.0 Å². The Kier molecular flexibility index (Phi) is 3.17. The van der Waals surface area contributed by atoms with Gasteiger partial charge in [-0.05, 0) is 19.1 Å². The summed E-state index contributed by atoms with van der Waals surface area (Å²) in [5.74, 6) is 0. The largest absolute Gasteiger partial charge is 0.264 e. The lowest BCUT2D eigenvalue weighted by molar-refractivity contribution is -0.526. The van der Waals surface area contributed by atoms with Crippen molar-refractivity contribution in [3.8, 4) is 0 Å². The summed E-state index contributed by atoms with van der Waals surface area (Å²) < 4.78 is 0. The van der Waals surface area contributed by atoms with Crippen molar-refractivity contribution >= 4 is 11.8 Å². The summed E-state index contributed by atoms with van der Waals surface area (Å²) >= 11 is 1.84. The third kappa shape index (κ3) is 2.36. The second-order valence-electron chi connectivity index (χ2n) is 2.95. The Bertz CT molecular complexity index is 143. The Balaban J connectivity index is 2.30. The smallest absolute Gasteiger partial charge is 0.213 e. The van der Waals surface area contributed by atoms with Crippen LogP contribution in [0.2, 0.25) is 0 Å². The van der Waals surface area contributed by atoms with E-state index in [4.69, 9.17) is 0 Å². The fourth-order valence-electron chi connectivity index (χ4n) is 1.49. The summed E-state index contributed by atoms with van der Waals surface area (Å²) in [6, 6.07) is -0.251. The van der Waals surface area contributed by atoms with Crippen molar-refractivity contribution in [1.29, 1.82) is 0 Å². The van der Waals surface area contributed by atoms with Gasteiger partial charge in [-0.15, -0.1) is 0 Å². The Hall–Kier alpha value is -0.250. The Labute approximate surface area is 70.7 Å². The summed E-state index contributed by atoms with van der Waals surface area (Å²) in [6.45, 7) is 0. The minimum atomic E-state index is -0.251. The molecular weight excluding hydrogens is 162 g/mol. The molecule has 4 heteroatoms. The van der Waals surface area contributed by atoms with Crippen molar-refractivity contribution < 1.29 is 4.92 Å². The molecule has 0 atom stereocenters. The lowest BCUT2D eigenvalue weighted by Gasteiger charge is -2.21. The Morgan fingerprint density at radius 3 is 2.27 bits per heavy atom. The standard InChI is InChI=1S/C7H13NO2S/c1-11-7-4-2-6(3-5-7)8(9)10/h6-7H,2-5H2,1H3. The average Bonchev–Trinajstić information content (AvgIpc) is 2.05. The highest BCUT2D eigenvalue weighted by Crippen LogP contribution is 2.27. The van der Waals surface area contributed by atoms with Crippen LogP contribution >= 0.6 is 11.8 Å². The van der Waals surface area contributed by atoms with Gasteiger partial charge in [-0.2, -0.15) is 11.8 Å². The molecule has 0 spiro atoms. The zero-order valence-electron chi connectivity index (χ0n) is 6.66. The molecule has 0 aromatic heterocycles. The lowest BCUT2D eigenvalue weighted by Crippen LogP contribution is -2.26. The molecule has 1 aliphatic carbocycles. The number of hydrogen-bond donors (Lipinski definition) is 0. The summed E-state index contributed by atoms with van der Waals surface area (Å²) in [5.41, 5.74) is 0. The van der Waals surface area contributed by atoms with Crippen LogP contribution in [0, 0.1) is 10.1 Å². The second kappa shape index (κ2) is 3.95. The molecule has 0 aliphatic heterocycles. The van der Waals surface area contributed by atoms with Crippen LogP contribution in [-0.2, 0) is 0 Å². The summed E-state index contributed by atoms with van der Waals surface area (Å²) in [7, 11) is 0. The molecule has 0 aromatic rings. The van der Waals surface area contributed by atoms with E-state index in [1.54, 1.807) is 0 Å². The van der Waals surface area contributed by atoms with Gasteiger partial charge in [0.25, 0.3) is 0 Å². The first-order valence-electron chi connectivity index (χ1n) is 3.90. The lowest BCUT2D eigenvalue weighted by atomic mass is 9.96. The molecule has 11 heavy (non-hydrogen) atoms. The van der Waals surface area contributed by atoms with Gasteiger partial charge in [-0.1, -0.05) is 0 Å². The van der Waals surface area contributed by atoms with Gasteiger partial charge < -0.3 is 0 Å². The van der Waals surface area contributed by atoms with E-state index in [1.807, 2.05) is 11.8 Å². The minimum Gasteiger partial charge on any atom is -0.264 e. The molecule has 1 rings (SSSR count). The topological polar surface area (TPSA) is 43.1 Å². The van der Waals surface area contributed by atoms with Gasteiger partial charge in [0.15, 0.2) is 0 Å². The highest BCUT2D eigenvalue weighted by molar-refractivity contribution is 7.99. The van der Waals surface area contributed by atoms with E-state index < -0.39 is 0 Å². The van der Waals surface area contributed by atoms with E-state index in [0.717, 1.165) is 25.7 Å². The van der Waals surface area contributed by atoms with Crippen LogP contribution in [0.3, 0.4) is 0 Å². The normalized spacial score (nSPS) is 31.7. The molecule has 0 radical (unpaired) electrons. The van der Waals surface area contributed by atoms with Gasteiger partial charge >= 0.3 is 0 Å². The van der Waals surface area contributed by atoms with Gasteiger partial charge in [0, 0.05) is 23.0 Å². The van der Waals surface area contributed by atoms with Crippen LogP contribution in [0.25, 0.3) is 0 Å². The molecule has 0 bridgehead atoms. The highest BCUT2D eigenvalue weighted by Gasteiger charge is 2.27. The fourth-order valence-corrected chi connectivity index (χ4v) is 2.24. The van der Waals surface area contributed by atoms with Crippen molar-refractivity contribution in [2.24, 2.45) is 0 Å². The predicted octanol–water partition coefficient (Wildman–Crippen LogP) is 1.94. The van der Waals surface area contributed by atoms with Crippen LogP contribution < -0.4 is 0 Å². The maximum Gasteiger partial charge on any atom is 0.213 e. The van der Waals surface area contributed by atoms with E-state index in [1.165, 1.54) is 0 Å². The third-order valence-electron chi connectivity index (χ3n) is 2.28. The number of nitrogens with zero attached hydrogens (tertiary/aromatic N) is 1. The van der Waals surface area contributed by atoms with Gasteiger partial charge in [0.1, 0.15) is 0 Å². The van der Waals surface area contributed by atoms with E-state index >= 15 is 0 Å². The van der Waals surface area contributed by atoms with Crippen LogP contribution in [0.15, 0.2) is 0 Å². The summed E-state index contributed by atoms with van der Waals surface area (Å²) in [5, 5.41) is 11.0. The number of hydrogen-bond acceptors (Lipinski definition) is 3. The van der Waals surface area contributed by atoms with Gasteiger partial charge in [-0.25, -0.2) is 0 Å². The molecule has 0 N–H and O–H groups in total. The molecule has 0 heterocycles. The Morgan fingerprint density at radius 2 is 1.91 bits per heavy atom. The van der Waals surface area contributed by atoms with Gasteiger partial charge in [0.05, 0.1) is 0 Å². The molecule has 1 fully saturated rings. The maximum absolute atomic E-state index is 10.3. The van der Waals surface area contributed by atoms with Crippen LogP contribution in [-0.4, -0.2) is 22.5 Å². The molecular formula is C7H13NO2S. The van der Waals surface area contributed by atoms with Crippen molar-refractivity contribution in [3.63, 3.8) is 0 Å². The summed E-state index contributed by atoms with van der Waals surface area (Å²) in [4.78, 5) is 10.2. The van der Waals surface area contributed by atoms with Crippen LogP contribution in [0.5, 0.6) is 0 Å². The van der Waals surface area contributed by atoms with Crippen molar-refractivity contribution in [2.75, 3.05) is 6.26 Å². The van der Waals surface area contributed by atoms with Gasteiger partial charge in [-0.3, -0.25) is 10.1 Å². The quantitative estimate of drug-likeness (QED) is 0.476. The minimum absolute atomic E-state index is 0.128.